The van der Waals surface area contributed by atoms with E-state index in [1.54, 1.807) is 5.01 Å². The third kappa shape index (κ3) is 3.43. The second kappa shape index (κ2) is 7.02. The second-order valence-corrected chi connectivity index (χ2v) is 5.76. The smallest absolute Gasteiger partial charge is 0.228 e. The van der Waals surface area contributed by atoms with Gasteiger partial charge in [0.1, 0.15) is 0 Å². The highest BCUT2D eigenvalue weighted by Crippen LogP contribution is 2.18. The Balaban J connectivity index is 1.58. The fourth-order valence-corrected chi connectivity index (χ4v) is 3.34. The molecule has 0 unspecified atom stereocenters. The molecule has 21 heavy (non-hydrogen) atoms. The molecule has 114 valence electrons. The van der Waals surface area contributed by atoms with Gasteiger partial charge < -0.3 is 5.32 Å². The number of piperazine rings is 1. The zero-order chi connectivity index (χ0) is 14.5. The molecule has 5 heteroatoms. The van der Waals surface area contributed by atoms with Gasteiger partial charge in [0, 0.05) is 32.2 Å². The van der Waals surface area contributed by atoms with E-state index in [4.69, 9.17) is 0 Å². The summed E-state index contributed by atoms with van der Waals surface area (Å²) in [6, 6.07) is 10.6. The maximum absolute atomic E-state index is 11.5. The number of carbonyl (C=O) groups excluding carboxylic acids is 1. The number of amides is 1. The van der Waals surface area contributed by atoms with E-state index < -0.39 is 0 Å². The average molecular weight is 288 g/mol. The fourth-order valence-electron chi connectivity index (χ4n) is 3.34. The van der Waals surface area contributed by atoms with Gasteiger partial charge in [-0.15, -0.1) is 0 Å². The molecule has 2 heterocycles. The van der Waals surface area contributed by atoms with Crippen LogP contribution in [0.5, 0.6) is 0 Å². The molecule has 1 aromatic rings. The average Bonchev–Trinajstić information content (AvgIpc) is 2.58. The molecule has 2 saturated heterocycles. The first-order chi connectivity index (χ1) is 10.4. The lowest BCUT2D eigenvalue weighted by molar-refractivity contribution is -0.110. The van der Waals surface area contributed by atoms with Gasteiger partial charge in [0.05, 0.1) is 5.69 Å². The van der Waals surface area contributed by atoms with Gasteiger partial charge in [0.25, 0.3) is 0 Å². The Kier molecular flexibility index (Phi) is 4.85. The number of nitrogens with one attached hydrogen (secondary N) is 1. The van der Waals surface area contributed by atoms with Gasteiger partial charge in [-0.2, -0.15) is 0 Å². The first-order valence-electron chi connectivity index (χ1n) is 7.87. The molecule has 1 amide bonds. The van der Waals surface area contributed by atoms with Crippen molar-refractivity contribution in [3.63, 3.8) is 0 Å². The topological polar surface area (TPSA) is 38.8 Å². The van der Waals surface area contributed by atoms with Crippen LogP contribution in [0.15, 0.2) is 30.3 Å². The summed E-state index contributed by atoms with van der Waals surface area (Å²) in [7, 11) is 0. The van der Waals surface area contributed by atoms with E-state index in [0.29, 0.717) is 0 Å². The van der Waals surface area contributed by atoms with Crippen molar-refractivity contribution in [1.29, 1.82) is 0 Å². The number of piperidine rings is 1. The molecule has 0 aromatic heterocycles. The van der Waals surface area contributed by atoms with Crippen LogP contribution < -0.4 is 10.3 Å². The number of hydrogen-bond acceptors (Lipinski definition) is 4. The quantitative estimate of drug-likeness (QED) is 0.837. The van der Waals surface area contributed by atoms with Gasteiger partial charge in [0.2, 0.25) is 6.41 Å². The van der Waals surface area contributed by atoms with Gasteiger partial charge >= 0.3 is 0 Å². The van der Waals surface area contributed by atoms with Crippen LogP contribution in [0.3, 0.4) is 0 Å². The Hall–Kier alpha value is -1.43. The largest absolute Gasteiger partial charge is 0.317 e. The first-order valence-corrected chi connectivity index (χ1v) is 7.87. The van der Waals surface area contributed by atoms with E-state index in [1.165, 1.54) is 12.8 Å². The lowest BCUT2D eigenvalue weighted by atomic mass is 10.0. The van der Waals surface area contributed by atoms with E-state index in [1.807, 2.05) is 30.3 Å². The van der Waals surface area contributed by atoms with E-state index in [2.05, 4.69) is 15.2 Å². The van der Waals surface area contributed by atoms with E-state index in [9.17, 15) is 4.79 Å². The van der Waals surface area contributed by atoms with Gasteiger partial charge in [-0.1, -0.05) is 18.2 Å². The van der Waals surface area contributed by atoms with Gasteiger partial charge in [0.15, 0.2) is 0 Å². The van der Waals surface area contributed by atoms with Crippen LogP contribution in [0.2, 0.25) is 0 Å². The standard InChI is InChI=1S/C16H24N4O/c21-14-20(16-4-2-1-3-5-16)19-12-10-18(11-13-19)15-6-8-17-9-7-15/h1-5,14-15,17H,6-13H2. The van der Waals surface area contributed by atoms with Crippen molar-refractivity contribution < 1.29 is 4.79 Å². The molecular formula is C16H24N4O. The highest BCUT2D eigenvalue weighted by molar-refractivity contribution is 5.73. The van der Waals surface area contributed by atoms with Crippen LogP contribution in [-0.4, -0.2) is 61.6 Å². The van der Waals surface area contributed by atoms with Crippen molar-refractivity contribution in [3.8, 4) is 0 Å². The first kappa shape index (κ1) is 14.5. The Labute approximate surface area is 126 Å². The summed E-state index contributed by atoms with van der Waals surface area (Å²) in [5, 5.41) is 7.32. The number of benzene rings is 1. The molecule has 1 aromatic carbocycles. The van der Waals surface area contributed by atoms with Crippen LogP contribution in [0, 0.1) is 0 Å². The Morgan fingerprint density at radius 1 is 1.05 bits per heavy atom. The van der Waals surface area contributed by atoms with Crippen LogP contribution >= 0.6 is 0 Å². The molecule has 2 aliphatic heterocycles. The van der Waals surface area contributed by atoms with Crippen molar-refractivity contribution in [2.75, 3.05) is 44.3 Å². The monoisotopic (exact) mass is 288 g/mol. The summed E-state index contributed by atoms with van der Waals surface area (Å²) in [6.07, 6.45) is 3.42. The third-order valence-electron chi connectivity index (χ3n) is 4.54. The predicted octanol–water partition coefficient (Wildman–Crippen LogP) is 0.934. The zero-order valence-electron chi connectivity index (χ0n) is 12.4. The van der Waals surface area contributed by atoms with Crippen molar-refractivity contribution >= 4 is 12.1 Å². The number of carbonyl (C=O) groups is 1. The van der Waals surface area contributed by atoms with Crippen LogP contribution in [0.1, 0.15) is 12.8 Å². The molecule has 3 rings (SSSR count). The molecule has 0 saturated carbocycles. The second-order valence-electron chi connectivity index (χ2n) is 5.76. The van der Waals surface area contributed by atoms with Crippen molar-refractivity contribution in [2.24, 2.45) is 0 Å². The minimum atomic E-state index is 0.717. The molecule has 1 N–H and O–H groups in total. The number of rotatable bonds is 4. The number of anilines is 1. The van der Waals surface area contributed by atoms with Crippen LogP contribution in [-0.2, 0) is 4.79 Å². The summed E-state index contributed by atoms with van der Waals surface area (Å²) in [5.74, 6) is 0. The molecule has 0 bridgehead atoms. The summed E-state index contributed by atoms with van der Waals surface area (Å²) in [5.41, 5.74) is 0.947. The summed E-state index contributed by atoms with van der Waals surface area (Å²) in [4.78, 5) is 14.0. The van der Waals surface area contributed by atoms with E-state index in [-0.39, 0.29) is 0 Å². The number of hydrazine groups is 1. The van der Waals surface area contributed by atoms with Crippen molar-refractivity contribution in [2.45, 2.75) is 18.9 Å². The minimum absolute atomic E-state index is 0.717. The lowest BCUT2D eigenvalue weighted by Crippen LogP contribution is -2.57. The van der Waals surface area contributed by atoms with Crippen LogP contribution in [0.4, 0.5) is 5.69 Å². The van der Waals surface area contributed by atoms with Crippen molar-refractivity contribution in [3.05, 3.63) is 30.3 Å². The van der Waals surface area contributed by atoms with Crippen molar-refractivity contribution in [1.82, 2.24) is 15.2 Å². The van der Waals surface area contributed by atoms with Gasteiger partial charge in [-0.05, 0) is 38.1 Å². The molecule has 0 atom stereocenters. The molecular weight excluding hydrogens is 264 g/mol. The fraction of sp³-hybridized carbons (Fsp3) is 0.562. The number of nitrogens with zero attached hydrogens (tertiary/aromatic N) is 3. The Morgan fingerprint density at radius 3 is 2.33 bits per heavy atom. The summed E-state index contributed by atoms with van der Waals surface area (Å²) < 4.78 is 0. The Morgan fingerprint density at radius 2 is 1.71 bits per heavy atom. The normalized spacial score (nSPS) is 22.1. The molecule has 0 radical (unpaired) electrons. The van der Waals surface area contributed by atoms with E-state index >= 15 is 0 Å². The minimum Gasteiger partial charge on any atom is -0.317 e. The number of hydrogen-bond donors (Lipinski definition) is 1. The highest BCUT2D eigenvalue weighted by atomic mass is 16.1. The summed E-state index contributed by atoms with van der Waals surface area (Å²) >= 11 is 0. The molecule has 0 spiro atoms. The van der Waals surface area contributed by atoms with Gasteiger partial charge in [-0.25, -0.2) is 10.0 Å². The Bertz CT molecular complexity index is 439. The third-order valence-corrected chi connectivity index (χ3v) is 4.54. The summed E-state index contributed by atoms with van der Waals surface area (Å²) in [6.45, 7) is 6.18. The molecule has 2 aliphatic rings. The van der Waals surface area contributed by atoms with Gasteiger partial charge in [-0.3, -0.25) is 9.69 Å². The highest BCUT2D eigenvalue weighted by Gasteiger charge is 2.27. The predicted molar refractivity (Wildman–Crippen MR) is 84.0 cm³/mol. The van der Waals surface area contributed by atoms with Crippen LogP contribution in [0.25, 0.3) is 0 Å². The molecule has 2 fully saturated rings. The maximum Gasteiger partial charge on any atom is 0.228 e. The number of para-hydroxylation sites is 1. The SMILES string of the molecule is O=CN(c1ccccc1)N1CCN(C2CCNCC2)CC1. The zero-order valence-corrected chi connectivity index (χ0v) is 12.4. The lowest BCUT2D eigenvalue weighted by Gasteiger charge is -2.43. The molecule has 0 aliphatic carbocycles. The molecule has 5 nitrogen and oxygen atoms in total. The van der Waals surface area contributed by atoms with E-state index in [0.717, 1.165) is 57.4 Å². The maximum atomic E-state index is 11.5.